The highest BCUT2D eigenvalue weighted by Crippen LogP contribution is 2.28. The minimum atomic E-state index is -0.607. The summed E-state index contributed by atoms with van der Waals surface area (Å²) in [6, 6.07) is 4.56. The molecule has 32 heavy (non-hydrogen) atoms. The van der Waals surface area contributed by atoms with Crippen molar-refractivity contribution < 1.29 is 28.2 Å². The number of halogens is 1. The summed E-state index contributed by atoms with van der Waals surface area (Å²) in [7, 11) is 0. The molecule has 1 aromatic rings. The van der Waals surface area contributed by atoms with Crippen molar-refractivity contribution >= 4 is 29.5 Å². The Morgan fingerprint density at radius 2 is 2.03 bits per heavy atom. The number of hydrazine groups is 1. The molecule has 2 aliphatic heterocycles. The summed E-state index contributed by atoms with van der Waals surface area (Å²) in [5.74, 6) is -0.696. The van der Waals surface area contributed by atoms with Gasteiger partial charge in [0.1, 0.15) is 17.5 Å². The minimum absolute atomic E-state index is 0.201. The van der Waals surface area contributed by atoms with Gasteiger partial charge >= 0.3 is 12.2 Å². The fourth-order valence-electron chi connectivity index (χ4n) is 3.46. The highest BCUT2D eigenvalue weighted by Gasteiger charge is 2.33. The molecule has 0 bridgehead atoms. The quantitative estimate of drug-likeness (QED) is 0.720. The van der Waals surface area contributed by atoms with Crippen molar-refractivity contribution in [3.63, 3.8) is 0 Å². The molecule has 2 aliphatic rings. The molecule has 2 N–H and O–H groups in total. The number of rotatable bonds is 4. The summed E-state index contributed by atoms with van der Waals surface area (Å²) in [4.78, 5) is 38.7. The maximum absolute atomic E-state index is 15.0. The van der Waals surface area contributed by atoms with Gasteiger partial charge in [-0.15, -0.1) is 0 Å². The first-order valence-electron chi connectivity index (χ1n) is 10.5. The lowest BCUT2D eigenvalue weighted by atomic mass is 10.2. The van der Waals surface area contributed by atoms with Gasteiger partial charge in [0.2, 0.25) is 5.91 Å². The van der Waals surface area contributed by atoms with Crippen LogP contribution in [0.1, 0.15) is 27.7 Å². The van der Waals surface area contributed by atoms with Crippen molar-refractivity contribution in [1.82, 2.24) is 15.8 Å². The van der Waals surface area contributed by atoms with E-state index in [9.17, 15) is 18.8 Å². The standard InChI is InChI=1S/C21H30FN5O5/c1-14(28)23-12-16-13-26(19(29)31-16)15-5-6-18(17(22)11-15)25-8-7-24-27(10-9-25)20(30)32-21(2,3)4/h5-6,11,16,24H,7-10,12-13H2,1-4H3,(H,23,28)/t16-/m0/s1. The van der Waals surface area contributed by atoms with Gasteiger partial charge in [0.05, 0.1) is 31.0 Å². The molecule has 0 aromatic heterocycles. The molecule has 2 heterocycles. The van der Waals surface area contributed by atoms with Crippen molar-refractivity contribution in [2.24, 2.45) is 0 Å². The SMILES string of the molecule is CC(=O)NC[C@H]1CN(c2ccc(N3CCNN(C(=O)OC(C)(C)C)CC3)c(F)c2)C(=O)O1. The second-order valence-corrected chi connectivity index (χ2v) is 8.72. The van der Waals surface area contributed by atoms with Crippen LogP contribution in [0.25, 0.3) is 0 Å². The Morgan fingerprint density at radius 3 is 2.69 bits per heavy atom. The summed E-state index contributed by atoms with van der Waals surface area (Å²) < 4.78 is 25.6. The van der Waals surface area contributed by atoms with E-state index in [2.05, 4.69) is 10.7 Å². The van der Waals surface area contributed by atoms with Gasteiger partial charge in [-0.25, -0.2) is 24.4 Å². The topological polar surface area (TPSA) is 103 Å². The number of hydrogen-bond donors (Lipinski definition) is 2. The second-order valence-electron chi connectivity index (χ2n) is 8.72. The zero-order valence-electron chi connectivity index (χ0n) is 18.8. The number of cyclic esters (lactones) is 1. The van der Waals surface area contributed by atoms with Gasteiger partial charge in [0, 0.05) is 26.6 Å². The molecule has 0 aliphatic carbocycles. The lowest BCUT2D eigenvalue weighted by Gasteiger charge is -2.27. The highest BCUT2D eigenvalue weighted by molar-refractivity contribution is 5.90. The van der Waals surface area contributed by atoms with E-state index in [0.717, 1.165) is 0 Å². The maximum Gasteiger partial charge on any atom is 0.424 e. The number of hydrogen-bond acceptors (Lipinski definition) is 7. The van der Waals surface area contributed by atoms with E-state index in [0.29, 0.717) is 37.6 Å². The molecule has 0 radical (unpaired) electrons. The van der Waals surface area contributed by atoms with Gasteiger partial charge in [-0.2, -0.15) is 0 Å². The lowest BCUT2D eigenvalue weighted by molar-refractivity contribution is -0.119. The van der Waals surface area contributed by atoms with Gasteiger partial charge in [-0.05, 0) is 39.0 Å². The first kappa shape index (κ1) is 23.6. The molecule has 0 saturated carbocycles. The molecule has 2 fully saturated rings. The monoisotopic (exact) mass is 451 g/mol. The molecular formula is C21H30FN5O5. The molecule has 2 saturated heterocycles. The molecule has 10 nitrogen and oxygen atoms in total. The molecular weight excluding hydrogens is 421 g/mol. The average molecular weight is 451 g/mol. The van der Waals surface area contributed by atoms with Crippen LogP contribution < -0.4 is 20.5 Å². The zero-order valence-corrected chi connectivity index (χ0v) is 18.8. The third-order valence-electron chi connectivity index (χ3n) is 4.93. The summed E-state index contributed by atoms with van der Waals surface area (Å²) >= 11 is 0. The number of anilines is 2. The molecule has 0 unspecified atom stereocenters. The van der Waals surface area contributed by atoms with E-state index in [1.54, 1.807) is 32.9 Å². The van der Waals surface area contributed by atoms with E-state index in [1.165, 1.54) is 22.9 Å². The van der Waals surface area contributed by atoms with Crippen LogP contribution in [0.5, 0.6) is 0 Å². The molecule has 176 valence electrons. The van der Waals surface area contributed by atoms with Gasteiger partial charge in [-0.3, -0.25) is 9.69 Å². The largest absolute Gasteiger partial charge is 0.443 e. The van der Waals surface area contributed by atoms with Gasteiger partial charge in [0.25, 0.3) is 0 Å². The Morgan fingerprint density at radius 1 is 1.28 bits per heavy atom. The third kappa shape index (κ3) is 6.00. The molecule has 1 atom stereocenters. The number of nitrogens with one attached hydrogen (secondary N) is 2. The van der Waals surface area contributed by atoms with Crippen LogP contribution in [0.15, 0.2) is 18.2 Å². The van der Waals surface area contributed by atoms with Gasteiger partial charge in [0.15, 0.2) is 0 Å². The first-order valence-corrected chi connectivity index (χ1v) is 10.5. The van der Waals surface area contributed by atoms with Crippen molar-refractivity contribution in [3.8, 4) is 0 Å². The highest BCUT2D eigenvalue weighted by atomic mass is 19.1. The van der Waals surface area contributed by atoms with Crippen molar-refractivity contribution in [2.45, 2.75) is 39.4 Å². The van der Waals surface area contributed by atoms with Crippen molar-refractivity contribution in [1.29, 1.82) is 0 Å². The van der Waals surface area contributed by atoms with Crippen LogP contribution in [0, 0.1) is 5.82 Å². The van der Waals surface area contributed by atoms with Crippen molar-refractivity contribution in [3.05, 3.63) is 24.0 Å². The fourth-order valence-corrected chi connectivity index (χ4v) is 3.46. The molecule has 0 spiro atoms. The molecule has 11 heteroatoms. The lowest BCUT2D eigenvalue weighted by Crippen LogP contribution is -2.46. The minimum Gasteiger partial charge on any atom is -0.443 e. The van der Waals surface area contributed by atoms with E-state index >= 15 is 0 Å². The maximum atomic E-state index is 15.0. The Hall–Kier alpha value is -3.08. The zero-order chi connectivity index (χ0) is 23.5. The van der Waals surface area contributed by atoms with E-state index < -0.39 is 29.7 Å². The number of nitrogens with zero attached hydrogens (tertiary/aromatic N) is 3. The Labute approximate surface area is 186 Å². The Bertz CT molecular complexity index is 875. The Balaban J connectivity index is 1.63. The van der Waals surface area contributed by atoms with E-state index in [-0.39, 0.29) is 19.0 Å². The summed E-state index contributed by atoms with van der Waals surface area (Å²) in [6.07, 6.45) is -1.55. The average Bonchev–Trinajstić information content (AvgIpc) is 2.90. The summed E-state index contributed by atoms with van der Waals surface area (Å²) in [6.45, 7) is 8.84. The first-order chi connectivity index (χ1) is 15.0. The predicted molar refractivity (Wildman–Crippen MR) is 116 cm³/mol. The van der Waals surface area contributed by atoms with E-state index in [1.807, 2.05) is 4.90 Å². The fraction of sp³-hybridized carbons (Fsp3) is 0.571. The molecule has 1 aromatic carbocycles. The van der Waals surface area contributed by atoms with Crippen LogP contribution >= 0.6 is 0 Å². The normalized spacial score (nSPS) is 19.5. The smallest absolute Gasteiger partial charge is 0.424 e. The Kier molecular flexibility index (Phi) is 7.07. The number of amides is 3. The number of benzene rings is 1. The van der Waals surface area contributed by atoms with Crippen LogP contribution in [-0.4, -0.2) is 74.1 Å². The number of carbonyl (C=O) groups is 3. The van der Waals surface area contributed by atoms with Gasteiger partial charge < -0.3 is 19.7 Å². The number of carbonyl (C=O) groups excluding carboxylic acids is 3. The molecule has 3 amide bonds. The van der Waals surface area contributed by atoms with Crippen LogP contribution in [0.3, 0.4) is 0 Å². The van der Waals surface area contributed by atoms with E-state index in [4.69, 9.17) is 9.47 Å². The van der Waals surface area contributed by atoms with Crippen LogP contribution in [-0.2, 0) is 14.3 Å². The number of ether oxygens (including phenoxy) is 2. The second kappa shape index (κ2) is 9.60. The predicted octanol–water partition coefficient (Wildman–Crippen LogP) is 1.85. The summed E-state index contributed by atoms with van der Waals surface area (Å²) in [5.41, 5.74) is 3.16. The van der Waals surface area contributed by atoms with Crippen LogP contribution in [0.4, 0.5) is 25.4 Å². The van der Waals surface area contributed by atoms with Gasteiger partial charge in [-0.1, -0.05) is 0 Å². The summed E-state index contributed by atoms with van der Waals surface area (Å²) in [5, 5.41) is 4.00. The third-order valence-corrected chi connectivity index (χ3v) is 4.93. The molecule has 3 rings (SSSR count). The van der Waals surface area contributed by atoms with Crippen molar-refractivity contribution in [2.75, 3.05) is 49.1 Å². The van der Waals surface area contributed by atoms with Crippen LogP contribution in [0.2, 0.25) is 0 Å².